The topological polar surface area (TPSA) is 17.8 Å². The van der Waals surface area contributed by atoms with E-state index >= 15 is 0 Å². The predicted octanol–water partition coefficient (Wildman–Crippen LogP) is 12.3. The van der Waals surface area contributed by atoms with Crippen molar-refractivity contribution in [2.75, 3.05) is 0 Å². The van der Waals surface area contributed by atoms with Gasteiger partial charge in [-0.25, -0.2) is 4.98 Å². The first-order valence-electron chi connectivity index (χ1n) is 20.7. The van der Waals surface area contributed by atoms with Gasteiger partial charge in [-0.1, -0.05) is 133 Å². The quantitative estimate of drug-likeness (QED) is 0.175. The van der Waals surface area contributed by atoms with Crippen molar-refractivity contribution < 1.29 is 13.7 Å². The molecule has 48 heavy (non-hydrogen) atoms. The highest BCUT2D eigenvalue weighted by atomic mass is 15.1. The molecule has 0 bridgehead atoms. The molecule has 226 valence electrons. The summed E-state index contributed by atoms with van der Waals surface area (Å²) < 4.78 is 88.0. The molecule has 0 unspecified atom stereocenters. The first-order chi connectivity index (χ1) is 27.9. The van der Waals surface area contributed by atoms with Gasteiger partial charge in [-0.3, -0.25) is 4.57 Å². The van der Waals surface area contributed by atoms with Gasteiger partial charge in [0.15, 0.2) is 0 Å². The first kappa shape index (κ1) is 19.4. The summed E-state index contributed by atoms with van der Waals surface area (Å²) >= 11 is 0. The van der Waals surface area contributed by atoms with Crippen molar-refractivity contribution in [1.82, 2.24) is 9.55 Å². The molecule has 9 aromatic rings. The molecule has 9 rings (SSSR count). The lowest BCUT2D eigenvalue weighted by atomic mass is 9.84. The Morgan fingerprint density at radius 2 is 0.958 bits per heavy atom. The van der Waals surface area contributed by atoms with Crippen molar-refractivity contribution in [3.05, 3.63) is 182 Å². The van der Waals surface area contributed by atoms with Crippen LogP contribution in [0.5, 0.6) is 0 Å². The molecule has 0 atom stereocenters. The lowest BCUT2D eigenvalue weighted by Gasteiger charge is -2.19. The lowest BCUT2D eigenvalue weighted by molar-refractivity contribution is 1.00. The maximum Gasteiger partial charge on any atom is 0.111 e. The first-order valence-corrected chi connectivity index (χ1v) is 15.7. The zero-order valence-corrected chi connectivity index (χ0v) is 25.9. The van der Waals surface area contributed by atoms with E-state index in [4.69, 9.17) is 18.7 Å². The van der Waals surface area contributed by atoms with E-state index in [0.717, 1.165) is 60.8 Å². The van der Waals surface area contributed by atoms with Crippen LogP contribution in [0.25, 0.3) is 82.8 Å². The van der Waals surface area contributed by atoms with E-state index in [-0.39, 0.29) is 22.3 Å². The monoisotopic (exact) mass is 622 g/mol. The summed E-state index contributed by atoms with van der Waals surface area (Å²) in [6, 6.07) is 32.6. The molecule has 8 aromatic carbocycles. The molecule has 0 saturated heterocycles. The van der Waals surface area contributed by atoms with Gasteiger partial charge in [-0.15, -0.1) is 0 Å². The number of fused-ring (bicyclic) bond motifs is 3. The number of aryl methyl sites for hydroxylation is 1. The SMILES string of the molecule is [2H]c1c([2H])c([2H])c(-c2cc(-c3c([2H])c([2H])c([2H])c([2H])c3[2H])cc(-c3c4ccccc4c(-c4cccc(-n5c(C)nc6ccccc65)c4)c4ccccc34)c2)c([2H])c1[2H]. The summed E-state index contributed by atoms with van der Waals surface area (Å²) in [7, 11) is 0. The third kappa shape index (κ3) is 4.70. The van der Waals surface area contributed by atoms with Crippen LogP contribution < -0.4 is 0 Å². The molecule has 1 aromatic heterocycles. The molecule has 2 nitrogen and oxygen atoms in total. The number of aromatic nitrogens is 2. The van der Waals surface area contributed by atoms with Crippen LogP contribution in [0.2, 0.25) is 0 Å². The molecular weight excluding hydrogens is 581 g/mol. The molecule has 0 aliphatic rings. The molecule has 1 heterocycles. The normalized spacial score (nSPS) is 14.4. The minimum absolute atomic E-state index is 0.0640. The third-order valence-corrected chi connectivity index (χ3v) is 8.85. The van der Waals surface area contributed by atoms with E-state index in [2.05, 4.69) is 41.0 Å². The number of imidazole rings is 1. The number of nitrogens with zero attached hydrogens (tertiary/aromatic N) is 2. The summed E-state index contributed by atoms with van der Waals surface area (Å²) in [5.41, 5.74) is 6.51. The van der Waals surface area contributed by atoms with Crippen molar-refractivity contribution in [2.24, 2.45) is 0 Å². The second kappa shape index (κ2) is 11.5. The second-order valence-electron chi connectivity index (χ2n) is 11.7. The lowest BCUT2D eigenvalue weighted by Crippen LogP contribution is -1.97. The predicted molar refractivity (Wildman–Crippen MR) is 203 cm³/mol. The van der Waals surface area contributed by atoms with Crippen LogP contribution in [0.1, 0.15) is 19.5 Å². The van der Waals surface area contributed by atoms with E-state index in [1.807, 2.05) is 67.6 Å². The van der Waals surface area contributed by atoms with Gasteiger partial charge in [-0.2, -0.15) is 0 Å². The van der Waals surface area contributed by atoms with Crippen LogP contribution in [-0.4, -0.2) is 9.55 Å². The van der Waals surface area contributed by atoms with Gasteiger partial charge in [-0.05, 0) is 115 Å². The highest BCUT2D eigenvalue weighted by Crippen LogP contribution is 2.45. The van der Waals surface area contributed by atoms with E-state index in [1.54, 1.807) is 12.1 Å². The molecule has 0 N–H and O–H groups in total. The summed E-state index contributed by atoms with van der Waals surface area (Å²) in [6.07, 6.45) is 0. The second-order valence-corrected chi connectivity index (χ2v) is 11.7. The highest BCUT2D eigenvalue weighted by Gasteiger charge is 2.19. The third-order valence-electron chi connectivity index (χ3n) is 8.85. The van der Waals surface area contributed by atoms with E-state index in [1.165, 1.54) is 6.07 Å². The molecule has 0 radical (unpaired) electrons. The fourth-order valence-electron chi connectivity index (χ4n) is 6.87. The Labute approximate surface area is 294 Å². The standard InChI is InChI=1S/C46H32N2/c1-31-47-43-25-12-13-26-44(43)48(31)38-20-14-19-34(30-38)45-39-21-8-10-23-41(39)46(42-24-11-9-22-40(42)45)37-28-35(32-15-4-2-5-16-32)27-36(29-37)33-17-6-3-7-18-33/h2-30H,1H3/i2D,3D,4D,5D,6D,7D,15D,16D,17D,18D. The molecule has 0 amide bonds. The van der Waals surface area contributed by atoms with Gasteiger partial charge in [0.2, 0.25) is 0 Å². The Balaban J connectivity index is 1.37. The van der Waals surface area contributed by atoms with Crippen molar-refractivity contribution in [3.8, 4) is 50.2 Å². The summed E-state index contributed by atoms with van der Waals surface area (Å²) in [4.78, 5) is 4.80. The maximum absolute atomic E-state index is 8.88. The number of rotatable bonds is 5. The zero-order valence-electron chi connectivity index (χ0n) is 35.9. The van der Waals surface area contributed by atoms with Crippen LogP contribution >= 0.6 is 0 Å². The zero-order chi connectivity index (χ0) is 40.7. The molecule has 0 aliphatic carbocycles. The molecule has 0 fully saturated rings. The smallest absolute Gasteiger partial charge is 0.111 e. The van der Waals surface area contributed by atoms with E-state index in [0.29, 0.717) is 5.56 Å². The molecule has 2 heteroatoms. The Kier molecular flexibility index (Phi) is 4.66. The number of hydrogen-bond donors (Lipinski definition) is 0. The van der Waals surface area contributed by atoms with Crippen molar-refractivity contribution in [2.45, 2.75) is 6.92 Å². The van der Waals surface area contributed by atoms with Crippen LogP contribution in [0.4, 0.5) is 0 Å². The largest absolute Gasteiger partial charge is 0.297 e. The van der Waals surface area contributed by atoms with E-state index in [9.17, 15) is 0 Å². The fourth-order valence-corrected chi connectivity index (χ4v) is 6.87. The molecule has 0 spiro atoms. The minimum atomic E-state index is -0.534. The van der Waals surface area contributed by atoms with Crippen molar-refractivity contribution in [3.63, 3.8) is 0 Å². The van der Waals surface area contributed by atoms with Gasteiger partial charge in [0.25, 0.3) is 0 Å². The van der Waals surface area contributed by atoms with Crippen molar-refractivity contribution >= 4 is 32.6 Å². The number of benzene rings is 8. The number of hydrogen-bond acceptors (Lipinski definition) is 1. The van der Waals surface area contributed by atoms with Crippen molar-refractivity contribution in [1.29, 1.82) is 0 Å². The average molecular weight is 623 g/mol. The van der Waals surface area contributed by atoms with Gasteiger partial charge in [0.1, 0.15) is 5.82 Å². The fraction of sp³-hybridized carbons (Fsp3) is 0.0217. The van der Waals surface area contributed by atoms with Crippen LogP contribution in [0.3, 0.4) is 0 Å². The highest BCUT2D eigenvalue weighted by molar-refractivity contribution is 6.21. The Hall–Kier alpha value is -6.25. The van der Waals surface area contributed by atoms with Gasteiger partial charge in [0, 0.05) is 5.69 Å². The van der Waals surface area contributed by atoms with E-state index < -0.39 is 60.4 Å². The van der Waals surface area contributed by atoms with Gasteiger partial charge >= 0.3 is 0 Å². The van der Waals surface area contributed by atoms with Crippen LogP contribution in [-0.2, 0) is 0 Å². The maximum atomic E-state index is 8.88. The summed E-state index contributed by atoms with van der Waals surface area (Å²) in [6.45, 7) is 1.99. The van der Waals surface area contributed by atoms with Gasteiger partial charge < -0.3 is 0 Å². The molecule has 0 aliphatic heterocycles. The molecule has 0 saturated carbocycles. The minimum Gasteiger partial charge on any atom is -0.297 e. The van der Waals surface area contributed by atoms with Crippen LogP contribution in [0, 0.1) is 6.92 Å². The Bertz CT molecular complexity index is 3000. The Morgan fingerprint density at radius 1 is 0.458 bits per heavy atom. The Morgan fingerprint density at radius 3 is 1.54 bits per heavy atom. The average Bonchev–Trinajstić information content (AvgIpc) is 3.58. The molecular formula is C46H32N2. The summed E-state index contributed by atoms with van der Waals surface area (Å²) in [5.74, 6) is 0.859. The van der Waals surface area contributed by atoms with Crippen LogP contribution in [0.15, 0.2) is 176 Å². The van der Waals surface area contributed by atoms with Gasteiger partial charge in [0.05, 0.1) is 24.7 Å². The summed E-state index contributed by atoms with van der Waals surface area (Å²) in [5, 5.41) is 3.57. The number of para-hydroxylation sites is 2.